The highest BCUT2D eigenvalue weighted by atomic mass is 32.1. The van der Waals surface area contributed by atoms with E-state index in [4.69, 9.17) is 5.26 Å². The molecule has 0 radical (unpaired) electrons. The van der Waals surface area contributed by atoms with Gasteiger partial charge in [0.1, 0.15) is 11.9 Å². The molecule has 8 heteroatoms. The molecule has 1 aliphatic heterocycles. The highest BCUT2D eigenvalue weighted by molar-refractivity contribution is 7.13. The van der Waals surface area contributed by atoms with Gasteiger partial charge in [0.25, 0.3) is 0 Å². The second-order valence-corrected chi connectivity index (χ2v) is 6.59. The molecule has 2 aromatic heterocycles. The van der Waals surface area contributed by atoms with Gasteiger partial charge < -0.3 is 10.6 Å². The number of pyridine rings is 1. The van der Waals surface area contributed by atoms with Crippen LogP contribution in [0.1, 0.15) is 12.0 Å². The maximum atomic E-state index is 12.0. The number of carbonyl (C=O) groups is 1. The SMILES string of the molecule is N#Cc1ccc(NC[C@@H]2CCN(CC(=O)Nc3nccs3)C2)nc1. The molecule has 1 fully saturated rings. The van der Waals surface area contributed by atoms with Gasteiger partial charge in [-0.2, -0.15) is 5.26 Å². The van der Waals surface area contributed by atoms with Gasteiger partial charge in [0.05, 0.1) is 12.1 Å². The summed E-state index contributed by atoms with van der Waals surface area (Å²) in [6, 6.07) is 5.61. The molecule has 0 spiro atoms. The van der Waals surface area contributed by atoms with Crippen molar-refractivity contribution in [2.24, 2.45) is 5.92 Å². The van der Waals surface area contributed by atoms with Gasteiger partial charge >= 0.3 is 0 Å². The van der Waals surface area contributed by atoms with Crippen LogP contribution in [-0.2, 0) is 4.79 Å². The summed E-state index contributed by atoms with van der Waals surface area (Å²) < 4.78 is 0. The molecule has 0 saturated carbocycles. The predicted molar refractivity (Wildman–Crippen MR) is 92.7 cm³/mol. The Bertz CT molecular complexity index is 709. The van der Waals surface area contributed by atoms with Crippen molar-refractivity contribution in [1.29, 1.82) is 5.26 Å². The predicted octanol–water partition coefficient (Wildman–Crippen LogP) is 1.78. The number of hydrogen-bond donors (Lipinski definition) is 2. The molecule has 0 bridgehead atoms. The zero-order valence-corrected chi connectivity index (χ0v) is 13.9. The molecule has 24 heavy (non-hydrogen) atoms. The van der Waals surface area contributed by atoms with Gasteiger partial charge in [-0.1, -0.05) is 0 Å². The second-order valence-electron chi connectivity index (χ2n) is 5.70. The van der Waals surface area contributed by atoms with Crippen LogP contribution in [0.15, 0.2) is 29.9 Å². The number of hydrogen-bond acceptors (Lipinski definition) is 7. The van der Waals surface area contributed by atoms with Crippen LogP contribution in [0.4, 0.5) is 10.9 Å². The van der Waals surface area contributed by atoms with Crippen LogP contribution in [0, 0.1) is 17.2 Å². The normalized spacial score (nSPS) is 17.4. The topological polar surface area (TPSA) is 93.9 Å². The molecule has 3 heterocycles. The van der Waals surface area contributed by atoms with Gasteiger partial charge in [-0.05, 0) is 31.0 Å². The summed E-state index contributed by atoms with van der Waals surface area (Å²) in [5.74, 6) is 1.23. The summed E-state index contributed by atoms with van der Waals surface area (Å²) >= 11 is 1.42. The molecule has 1 aliphatic rings. The van der Waals surface area contributed by atoms with Crippen LogP contribution >= 0.6 is 11.3 Å². The van der Waals surface area contributed by atoms with Crippen LogP contribution in [0.5, 0.6) is 0 Å². The highest BCUT2D eigenvalue weighted by Crippen LogP contribution is 2.17. The average Bonchev–Trinajstić information content (AvgIpc) is 3.25. The Morgan fingerprint density at radius 2 is 2.38 bits per heavy atom. The number of aromatic nitrogens is 2. The number of rotatable bonds is 6. The van der Waals surface area contributed by atoms with E-state index in [0.29, 0.717) is 23.2 Å². The molecule has 2 N–H and O–H groups in total. The molecule has 1 atom stereocenters. The molecule has 7 nitrogen and oxygen atoms in total. The van der Waals surface area contributed by atoms with Gasteiger partial charge in [0.15, 0.2) is 5.13 Å². The number of anilines is 2. The van der Waals surface area contributed by atoms with E-state index in [0.717, 1.165) is 31.9 Å². The van der Waals surface area contributed by atoms with Gasteiger partial charge in [-0.15, -0.1) is 11.3 Å². The highest BCUT2D eigenvalue weighted by Gasteiger charge is 2.24. The lowest BCUT2D eigenvalue weighted by Gasteiger charge is -2.15. The van der Waals surface area contributed by atoms with Crippen molar-refractivity contribution in [1.82, 2.24) is 14.9 Å². The van der Waals surface area contributed by atoms with E-state index in [1.807, 2.05) is 11.4 Å². The quantitative estimate of drug-likeness (QED) is 0.831. The van der Waals surface area contributed by atoms with Crippen molar-refractivity contribution in [2.75, 3.05) is 36.8 Å². The van der Waals surface area contributed by atoms with E-state index < -0.39 is 0 Å². The Morgan fingerprint density at radius 3 is 3.08 bits per heavy atom. The Kier molecular flexibility index (Phi) is 5.36. The second kappa shape index (κ2) is 7.86. The van der Waals surface area contributed by atoms with E-state index in [-0.39, 0.29) is 5.91 Å². The van der Waals surface area contributed by atoms with Crippen molar-refractivity contribution in [3.8, 4) is 6.07 Å². The van der Waals surface area contributed by atoms with Crippen LogP contribution in [0.25, 0.3) is 0 Å². The molecule has 0 aromatic carbocycles. The first-order valence-electron chi connectivity index (χ1n) is 7.74. The maximum Gasteiger partial charge on any atom is 0.240 e. The van der Waals surface area contributed by atoms with Crippen LogP contribution in [0.2, 0.25) is 0 Å². The van der Waals surface area contributed by atoms with Crippen LogP contribution in [-0.4, -0.2) is 47.0 Å². The Morgan fingerprint density at radius 1 is 1.46 bits per heavy atom. The molecular weight excluding hydrogens is 324 g/mol. The summed E-state index contributed by atoms with van der Waals surface area (Å²) in [6.45, 7) is 3.00. The standard InChI is InChI=1S/C16H18N6OS/c17-7-12-1-2-14(19-8-12)20-9-13-3-5-22(10-13)11-15(23)21-16-18-4-6-24-16/h1-2,4,6,8,13H,3,5,9-11H2,(H,19,20)(H,18,21,23)/t13-/m0/s1. The van der Waals surface area contributed by atoms with E-state index in [9.17, 15) is 4.79 Å². The average molecular weight is 342 g/mol. The molecule has 0 aliphatic carbocycles. The number of amides is 1. The summed E-state index contributed by atoms with van der Waals surface area (Å²) in [4.78, 5) is 22.4. The molecular formula is C16H18N6OS. The smallest absolute Gasteiger partial charge is 0.240 e. The zero-order chi connectivity index (χ0) is 16.8. The van der Waals surface area contributed by atoms with E-state index in [1.165, 1.54) is 11.3 Å². The Hall–Kier alpha value is -2.50. The van der Waals surface area contributed by atoms with Crippen molar-refractivity contribution >= 4 is 28.2 Å². The molecule has 3 rings (SSSR count). The largest absolute Gasteiger partial charge is 0.370 e. The lowest BCUT2D eigenvalue weighted by atomic mass is 10.1. The number of likely N-dealkylation sites (tertiary alicyclic amines) is 1. The fourth-order valence-electron chi connectivity index (χ4n) is 2.68. The Balaban J connectivity index is 1.40. The maximum absolute atomic E-state index is 12.0. The van der Waals surface area contributed by atoms with Crippen LogP contribution in [0.3, 0.4) is 0 Å². The summed E-state index contributed by atoms with van der Waals surface area (Å²) in [5, 5.41) is 17.3. The summed E-state index contributed by atoms with van der Waals surface area (Å²) in [5.41, 5.74) is 0.554. The number of carbonyl (C=O) groups excluding carboxylic acids is 1. The lowest BCUT2D eigenvalue weighted by Crippen LogP contribution is -2.32. The molecule has 2 aromatic rings. The fraction of sp³-hybridized carbons (Fsp3) is 0.375. The van der Waals surface area contributed by atoms with Gasteiger partial charge in [0.2, 0.25) is 5.91 Å². The minimum absolute atomic E-state index is 0.0210. The first-order chi connectivity index (χ1) is 11.7. The van der Waals surface area contributed by atoms with Crippen molar-refractivity contribution in [3.05, 3.63) is 35.5 Å². The third kappa shape index (κ3) is 4.50. The van der Waals surface area contributed by atoms with E-state index in [2.05, 4.69) is 31.6 Å². The number of nitrogens with zero attached hydrogens (tertiary/aromatic N) is 4. The van der Waals surface area contributed by atoms with Crippen LogP contribution < -0.4 is 10.6 Å². The zero-order valence-electron chi connectivity index (χ0n) is 13.1. The molecule has 1 saturated heterocycles. The molecule has 0 unspecified atom stereocenters. The van der Waals surface area contributed by atoms with Crippen molar-refractivity contribution in [2.45, 2.75) is 6.42 Å². The number of nitrogens with one attached hydrogen (secondary N) is 2. The number of thiazole rings is 1. The van der Waals surface area contributed by atoms with Crippen molar-refractivity contribution < 1.29 is 4.79 Å². The monoisotopic (exact) mass is 342 g/mol. The molecule has 1 amide bonds. The van der Waals surface area contributed by atoms with E-state index >= 15 is 0 Å². The third-order valence-electron chi connectivity index (χ3n) is 3.88. The minimum Gasteiger partial charge on any atom is -0.370 e. The van der Waals surface area contributed by atoms with Gasteiger partial charge in [-0.3, -0.25) is 9.69 Å². The third-order valence-corrected chi connectivity index (χ3v) is 4.57. The summed E-state index contributed by atoms with van der Waals surface area (Å²) in [7, 11) is 0. The van der Waals surface area contributed by atoms with Gasteiger partial charge in [-0.25, -0.2) is 9.97 Å². The number of nitriles is 1. The first kappa shape index (κ1) is 16.4. The Labute approximate surface area is 144 Å². The van der Waals surface area contributed by atoms with Crippen molar-refractivity contribution in [3.63, 3.8) is 0 Å². The first-order valence-corrected chi connectivity index (χ1v) is 8.62. The molecule has 124 valence electrons. The van der Waals surface area contributed by atoms with E-state index in [1.54, 1.807) is 18.5 Å². The fourth-order valence-corrected chi connectivity index (χ4v) is 3.23. The minimum atomic E-state index is -0.0210. The lowest BCUT2D eigenvalue weighted by molar-refractivity contribution is -0.117. The summed E-state index contributed by atoms with van der Waals surface area (Å²) in [6.07, 6.45) is 4.29. The van der Waals surface area contributed by atoms with Gasteiger partial charge in [0, 0.05) is 30.9 Å².